The van der Waals surface area contributed by atoms with E-state index in [2.05, 4.69) is 5.32 Å². The van der Waals surface area contributed by atoms with E-state index in [0.29, 0.717) is 10.6 Å². The fourth-order valence-corrected chi connectivity index (χ4v) is 3.26. The third-order valence-corrected chi connectivity index (χ3v) is 4.88. The Bertz CT molecular complexity index is 815. The van der Waals surface area contributed by atoms with Crippen LogP contribution in [0.5, 0.6) is 0 Å². The number of amides is 1. The molecule has 0 spiro atoms. The second-order valence-corrected chi connectivity index (χ2v) is 6.31. The molecule has 0 radical (unpaired) electrons. The van der Waals surface area contributed by atoms with E-state index in [1.54, 1.807) is 29.5 Å². The van der Waals surface area contributed by atoms with Crippen LogP contribution >= 0.6 is 34.5 Å². The second-order valence-electron chi connectivity index (χ2n) is 4.58. The van der Waals surface area contributed by atoms with Crippen molar-refractivity contribution in [3.05, 3.63) is 75.6 Å². The van der Waals surface area contributed by atoms with E-state index >= 15 is 0 Å². The molecule has 0 fully saturated rings. The number of rotatable bonds is 3. The number of thiophene rings is 1. The van der Waals surface area contributed by atoms with Crippen molar-refractivity contribution in [1.82, 2.24) is 0 Å². The summed E-state index contributed by atoms with van der Waals surface area (Å²) < 4.78 is 0. The summed E-state index contributed by atoms with van der Waals surface area (Å²) in [6.07, 6.45) is 0. The summed E-state index contributed by atoms with van der Waals surface area (Å²) >= 11 is 13.7. The maximum Gasteiger partial charge on any atom is 0.257 e. The summed E-state index contributed by atoms with van der Waals surface area (Å²) in [6, 6.07) is 16.7. The Morgan fingerprint density at radius 1 is 0.955 bits per heavy atom. The average Bonchev–Trinajstić information content (AvgIpc) is 3.04. The van der Waals surface area contributed by atoms with Gasteiger partial charge in [0.15, 0.2) is 0 Å². The van der Waals surface area contributed by atoms with Crippen LogP contribution in [-0.4, -0.2) is 5.91 Å². The molecule has 1 aromatic heterocycles. The maximum atomic E-state index is 12.5. The van der Waals surface area contributed by atoms with Crippen molar-refractivity contribution in [2.45, 2.75) is 0 Å². The molecule has 3 aromatic rings. The molecule has 0 aliphatic rings. The first-order valence-corrected chi connectivity index (χ1v) is 8.18. The molecule has 0 unspecified atom stereocenters. The average molecular weight is 348 g/mol. The Kier molecular flexibility index (Phi) is 4.48. The number of hydrogen-bond acceptors (Lipinski definition) is 2. The number of carbonyl (C=O) groups is 1. The minimum Gasteiger partial charge on any atom is -0.321 e. The number of halogens is 2. The van der Waals surface area contributed by atoms with Crippen LogP contribution in [0.15, 0.2) is 60.0 Å². The molecule has 1 amide bonds. The van der Waals surface area contributed by atoms with Crippen molar-refractivity contribution in [1.29, 1.82) is 0 Å². The molecule has 0 aliphatic heterocycles. The Labute approximate surface area is 142 Å². The predicted octanol–water partition coefficient (Wildman–Crippen LogP) is 5.97. The van der Waals surface area contributed by atoms with Gasteiger partial charge in [0, 0.05) is 16.1 Å². The van der Waals surface area contributed by atoms with Gasteiger partial charge in [-0.05, 0) is 29.6 Å². The van der Waals surface area contributed by atoms with Gasteiger partial charge in [0.05, 0.1) is 15.6 Å². The van der Waals surface area contributed by atoms with Crippen LogP contribution in [0.3, 0.4) is 0 Å². The molecule has 0 bridgehead atoms. The molecule has 110 valence electrons. The van der Waals surface area contributed by atoms with Crippen molar-refractivity contribution >= 4 is 46.1 Å². The van der Waals surface area contributed by atoms with Crippen molar-refractivity contribution < 1.29 is 4.79 Å². The van der Waals surface area contributed by atoms with Crippen LogP contribution in [0.25, 0.3) is 10.4 Å². The Morgan fingerprint density at radius 2 is 1.77 bits per heavy atom. The number of carbonyl (C=O) groups excluding carboxylic acids is 1. The number of para-hydroxylation sites is 1. The summed E-state index contributed by atoms with van der Waals surface area (Å²) in [7, 11) is 0. The van der Waals surface area contributed by atoms with Gasteiger partial charge in [-0.3, -0.25) is 4.79 Å². The van der Waals surface area contributed by atoms with E-state index in [-0.39, 0.29) is 10.9 Å². The number of anilines is 1. The van der Waals surface area contributed by atoms with Crippen molar-refractivity contribution in [2.75, 3.05) is 5.32 Å². The van der Waals surface area contributed by atoms with E-state index in [1.807, 2.05) is 41.8 Å². The molecule has 0 saturated carbocycles. The van der Waals surface area contributed by atoms with Gasteiger partial charge in [0.2, 0.25) is 0 Å². The number of nitrogens with one attached hydrogen (secondary N) is 1. The topological polar surface area (TPSA) is 29.1 Å². The molecular weight excluding hydrogens is 337 g/mol. The zero-order valence-electron chi connectivity index (χ0n) is 11.3. The SMILES string of the molecule is O=C(Nc1ccccc1-c1cccs1)c1cccc(Cl)c1Cl. The highest BCUT2D eigenvalue weighted by Crippen LogP contribution is 2.32. The van der Waals surface area contributed by atoms with Gasteiger partial charge < -0.3 is 5.32 Å². The molecule has 1 heterocycles. The fraction of sp³-hybridized carbons (Fsp3) is 0. The summed E-state index contributed by atoms with van der Waals surface area (Å²) in [6.45, 7) is 0. The van der Waals surface area contributed by atoms with Gasteiger partial charge in [-0.1, -0.05) is 53.5 Å². The first-order valence-electron chi connectivity index (χ1n) is 6.55. The van der Waals surface area contributed by atoms with Gasteiger partial charge in [-0.25, -0.2) is 0 Å². The number of hydrogen-bond donors (Lipinski definition) is 1. The molecule has 2 nitrogen and oxygen atoms in total. The molecule has 0 saturated heterocycles. The third-order valence-electron chi connectivity index (χ3n) is 3.16. The van der Waals surface area contributed by atoms with E-state index in [1.165, 1.54) is 0 Å². The normalized spacial score (nSPS) is 10.5. The van der Waals surface area contributed by atoms with Crippen LogP contribution in [0, 0.1) is 0 Å². The van der Waals surface area contributed by atoms with Crippen molar-refractivity contribution in [3.63, 3.8) is 0 Å². The first-order chi connectivity index (χ1) is 10.7. The molecule has 3 rings (SSSR count). The Hall–Kier alpha value is -1.81. The lowest BCUT2D eigenvalue weighted by atomic mass is 10.1. The minimum absolute atomic E-state index is 0.260. The minimum atomic E-state index is -0.281. The predicted molar refractivity (Wildman–Crippen MR) is 94.2 cm³/mol. The first kappa shape index (κ1) is 15.1. The van der Waals surface area contributed by atoms with Gasteiger partial charge in [0.25, 0.3) is 5.91 Å². The lowest BCUT2D eigenvalue weighted by molar-refractivity contribution is 0.102. The summed E-state index contributed by atoms with van der Waals surface area (Å²) in [5, 5.41) is 5.53. The van der Waals surface area contributed by atoms with Gasteiger partial charge in [0.1, 0.15) is 0 Å². The standard InChI is InChI=1S/C17H11Cl2NOS/c18-13-7-3-6-12(16(13)19)17(21)20-14-8-2-1-5-11(14)15-9-4-10-22-15/h1-10H,(H,20,21). The van der Waals surface area contributed by atoms with E-state index < -0.39 is 0 Å². The number of benzene rings is 2. The molecular formula is C17H11Cl2NOS. The van der Waals surface area contributed by atoms with E-state index in [4.69, 9.17) is 23.2 Å². The monoisotopic (exact) mass is 347 g/mol. The molecule has 0 atom stereocenters. The highest BCUT2D eigenvalue weighted by atomic mass is 35.5. The molecule has 0 aliphatic carbocycles. The molecule has 1 N–H and O–H groups in total. The smallest absolute Gasteiger partial charge is 0.257 e. The largest absolute Gasteiger partial charge is 0.321 e. The quantitative estimate of drug-likeness (QED) is 0.620. The van der Waals surface area contributed by atoms with Crippen LogP contribution in [0.2, 0.25) is 10.0 Å². The maximum absolute atomic E-state index is 12.5. The second kappa shape index (κ2) is 6.53. The van der Waals surface area contributed by atoms with Crippen molar-refractivity contribution in [3.8, 4) is 10.4 Å². The van der Waals surface area contributed by atoms with Crippen LogP contribution in [0.4, 0.5) is 5.69 Å². The highest BCUT2D eigenvalue weighted by molar-refractivity contribution is 7.13. The van der Waals surface area contributed by atoms with Gasteiger partial charge in [-0.2, -0.15) is 0 Å². The van der Waals surface area contributed by atoms with E-state index in [9.17, 15) is 4.79 Å². The molecule has 22 heavy (non-hydrogen) atoms. The summed E-state index contributed by atoms with van der Waals surface area (Å²) in [4.78, 5) is 13.5. The van der Waals surface area contributed by atoms with Crippen molar-refractivity contribution in [2.24, 2.45) is 0 Å². The van der Waals surface area contributed by atoms with Crippen LogP contribution in [-0.2, 0) is 0 Å². The zero-order chi connectivity index (χ0) is 15.5. The Balaban J connectivity index is 1.94. The van der Waals surface area contributed by atoms with Gasteiger partial charge >= 0.3 is 0 Å². The summed E-state index contributed by atoms with van der Waals surface area (Å²) in [5.74, 6) is -0.281. The lowest BCUT2D eigenvalue weighted by Crippen LogP contribution is -2.13. The third kappa shape index (κ3) is 3.02. The Morgan fingerprint density at radius 3 is 2.55 bits per heavy atom. The lowest BCUT2D eigenvalue weighted by Gasteiger charge is -2.11. The van der Waals surface area contributed by atoms with E-state index in [0.717, 1.165) is 16.1 Å². The van der Waals surface area contributed by atoms with Crippen LogP contribution in [0.1, 0.15) is 10.4 Å². The summed E-state index contributed by atoms with van der Waals surface area (Å²) in [5.41, 5.74) is 2.07. The van der Waals surface area contributed by atoms with Gasteiger partial charge in [-0.15, -0.1) is 11.3 Å². The highest BCUT2D eigenvalue weighted by Gasteiger charge is 2.14. The zero-order valence-corrected chi connectivity index (χ0v) is 13.7. The fourth-order valence-electron chi connectivity index (χ4n) is 2.11. The van der Waals surface area contributed by atoms with Crippen LogP contribution < -0.4 is 5.32 Å². The molecule has 5 heteroatoms. The molecule has 2 aromatic carbocycles.